The lowest BCUT2D eigenvalue weighted by Gasteiger charge is -2.07. The normalized spacial score (nSPS) is 11.8. The zero-order valence-electron chi connectivity index (χ0n) is 12.6. The average Bonchev–Trinajstić information content (AvgIpc) is 2.95. The molecule has 3 aromatic rings. The van der Waals surface area contributed by atoms with Gasteiger partial charge in [-0.3, -0.25) is 18.3 Å². The van der Waals surface area contributed by atoms with Gasteiger partial charge in [0.15, 0.2) is 11.2 Å². The molecule has 0 bridgehead atoms. The highest BCUT2D eigenvalue weighted by atomic mass is 16.4. The lowest BCUT2D eigenvalue weighted by atomic mass is 10.3. The molecule has 0 radical (unpaired) electrons. The summed E-state index contributed by atoms with van der Waals surface area (Å²) in [5.74, 6) is 1.06. The molecule has 0 fully saturated rings. The van der Waals surface area contributed by atoms with Gasteiger partial charge in [0.05, 0.1) is 5.69 Å². The number of hydrogen-bond donors (Lipinski definition) is 0. The first kappa shape index (κ1) is 13.7. The molecule has 0 saturated carbocycles. The molecule has 3 heterocycles. The van der Waals surface area contributed by atoms with Gasteiger partial charge in [-0.2, -0.15) is 4.98 Å². The SMILES string of the molecule is CCCCn1c(=O)c2c(nc3oc(C)c(C)n32)n(C)c1=O. The van der Waals surface area contributed by atoms with Crippen LogP contribution in [0, 0.1) is 13.8 Å². The summed E-state index contributed by atoms with van der Waals surface area (Å²) in [6.07, 6.45) is 1.70. The van der Waals surface area contributed by atoms with E-state index in [4.69, 9.17) is 4.42 Å². The summed E-state index contributed by atoms with van der Waals surface area (Å²) in [6, 6.07) is 0. The summed E-state index contributed by atoms with van der Waals surface area (Å²) in [6.45, 7) is 6.14. The van der Waals surface area contributed by atoms with E-state index in [0.29, 0.717) is 29.3 Å². The molecular formula is C14H18N4O3. The van der Waals surface area contributed by atoms with Crippen LogP contribution in [0.15, 0.2) is 14.0 Å². The lowest BCUT2D eigenvalue weighted by Crippen LogP contribution is -2.39. The van der Waals surface area contributed by atoms with Crippen molar-refractivity contribution < 1.29 is 4.42 Å². The number of fused-ring (bicyclic) bond motifs is 3. The first-order chi connectivity index (χ1) is 9.97. The molecule has 7 heteroatoms. The van der Waals surface area contributed by atoms with Crippen LogP contribution in [0.25, 0.3) is 17.0 Å². The van der Waals surface area contributed by atoms with E-state index in [1.807, 2.05) is 20.8 Å². The molecule has 0 aliphatic carbocycles. The van der Waals surface area contributed by atoms with Gasteiger partial charge in [-0.25, -0.2) is 4.79 Å². The van der Waals surface area contributed by atoms with Crippen LogP contribution in [-0.4, -0.2) is 18.5 Å². The minimum atomic E-state index is -0.337. The average molecular weight is 290 g/mol. The van der Waals surface area contributed by atoms with E-state index in [1.54, 1.807) is 11.4 Å². The number of aromatic nitrogens is 4. The first-order valence-electron chi connectivity index (χ1n) is 7.05. The van der Waals surface area contributed by atoms with Crippen LogP contribution in [0.1, 0.15) is 31.2 Å². The number of imidazole rings is 1. The van der Waals surface area contributed by atoms with E-state index in [2.05, 4.69) is 4.98 Å². The van der Waals surface area contributed by atoms with Crippen molar-refractivity contribution >= 4 is 17.0 Å². The summed E-state index contributed by atoms with van der Waals surface area (Å²) in [4.78, 5) is 29.3. The number of oxazole rings is 1. The Balaban J connectivity index is 2.49. The molecule has 0 aliphatic rings. The molecule has 21 heavy (non-hydrogen) atoms. The van der Waals surface area contributed by atoms with Crippen LogP contribution in [0.5, 0.6) is 0 Å². The van der Waals surface area contributed by atoms with Gasteiger partial charge in [0.1, 0.15) is 5.76 Å². The molecule has 0 aromatic carbocycles. The summed E-state index contributed by atoms with van der Waals surface area (Å²) in [7, 11) is 1.63. The monoisotopic (exact) mass is 290 g/mol. The van der Waals surface area contributed by atoms with Crippen LogP contribution in [0.3, 0.4) is 0 Å². The Kier molecular flexibility index (Phi) is 3.00. The Bertz CT molecular complexity index is 955. The first-order valence-corrected chi connectivity index (χ1v) is 7.05. The van der Waals surface area contributed by atoms with Crippen LogP contribution in [0.2, 0.25) is 0 Å². The van der Waals surface area contributed by atoms with E-state index >= 15 is 0 Å². The molecule has 0 N–H and O–H groups in total. The smallest absolute Gasteiger partial charge is 0.332 e. The minimum absolute atomic E-state index is 0.307. The Morgan fingerprint density at radius 2 is 1.95 bits per heavy atom. The van der Waals surface area contributed by atoms with Crippen molar-refractivity contribution in [1.29, 1.82) is 0 Å². The summed E-state index contributed by atoms with van der Waals surface area (Å²) < 4.78 is 9.92. The van der Waals surface area contributed by atoms with Crippen molar-refractivity contribution in [2.45, 2.75) is 40.2 Å². The number of nitrogens with zero attached hydrogens (tertiary/aromatic N) is 4. The second-order valence-corrected chi connectivity index (χ2v) is 5.30. The molecular weight excluding hydrogens is 272 g/mol. The Morgan fingerprint density at radius 3 is 2.62 bits per heavy atom. The van der Waals surface area contributed by atoms with Crippen molar-refractivity contribution in [1.82, 2.24) is 18.5 Å². The molecule has 0 atom stereocenters. The molecule has 3 rings (SSSR count). The molecule has 0 aliphatic heterocycles. The molecule has 0 spiro atoms. The van der Waals surface area contributed by atoms with Crippen LogP contribution < -0.4 is 11.2 Å². The van der Waals surface area contributed by atoms with Gasteiger partial charge < -0.3 is 4.42 Å². The van der Waals surface area contributed by atoms with E-state index in [-0.39, 0.29) is 11.2 Å². The quantitative estimate of drug-likeness (QED) is 0.730. The van der Waals surface area contributed by atoms with Crippen molar-refractivity contribution in [3.8, 4) is 0 Å². The third-order valence-corrected chi connectivity index (χ3v) is 3.94. The van der Waals surface area contributed by atoms with E-state index in [9.17, 15) is 9.59 Å². The van der Waals surface area contributed by atoms with Crippen molar-refractivity contribution in [2.24, 2.45) is 7.05 Å². The molecule has 0 unspecified atom stereocenters. The van der Waals surface area contributed by atoms with Crippen molar-refractivity contribution in [3.05, 3.63) is 32.3 Å². The highest BCUT2D eigenvalue weighted by Gasteiger charge is 2.20. The molecule has 3 aromatic heterocycles. The number of aryl methyl sites for hydroxylation is 3. The number of hydrogen-bond acceptors (Lipinski definition) is 4. The maximum atomic E-state index is 12.7. The number of rotatable bonds is 3. The standard InChI is InChI=1S/C14H18N4O3/c1-5-6-7-17-12(19)10-11(16(4)14(17)20)15-13-18(10)8(2)9(3)21-13/h5-7H2,1-4H3. The zero-order chi connectivity index (χ0) is 15.3. The molecule has 0 saturated heterocycles. The largest absolute Gasteiger partial charge is 0.428 e. The minimum Gasteiger partial charge on any atom is -0.428 e. The number of unbranched alkanes of at least 4 members (excludes halogenated alkanes) is 1. The van der Waals surface area contributed by atoms with Crippen LogP contribution in [-0.2, 0) is 13.6 Å². The van der Waals surface area contributed by atoms with Crippen LogP contribution >= 0.6 is 0 Å². The van der Waals surface area contributed by atoms with Crippen LogP contribution in [0.4, 0.5) is 0 Å². The molecule has 0 amide bonds. The highest BCUT2D eigenvalue weighted by molar-refractivity contribution is 5.75. The van der Waals surface area contributed by atoms with Gasteiger partial charge in [-0.15, -0.1) is 0 Å². The van der Waals surface area contributed by atoms with E-state index in [0.717, 1.165) is 18.5 Å². The maximum Gasteiger partial charge on any atom is 0.332 e. The van der Waals surface area contributed by atoms with Crippen molar-refractivity contribution in [2.75, 3.05) is 0 Å². The van der Waals surface area contributed by atoms with Gasteiger partial charge in [0.2, 0.25) is 0 Å². The van der Waals surface area contributed by atoms with Crippen molar-refractivity contribution in [3.63, 3.8) is 0 Å². The fourth-order valence-corrected chi connectivity index (χ4v) is 2.56. The molecule has 112 valence electrons. The maximum absolute atomic E-state index is 12.7. The van der Waals surface area contributed by atoms with E-state index < -0.39 is 0 Å². The Labute approximate surface area is 120 Å². The Hall–Kier alpha value is -2.31. The predicted molar refractivity (Wildman–Crippen MR) is 78.8 cm³/mol. The summed E-state index contributed by atoms with van der Waals surface area (Å²) in [5, 5.41) is 0. The third-order valence-electron chi connectivity index (χ3n) is 3.94. The molecule has 7 nitrogen and oxygen atoms in total. The Morgan fingerprint density at radius 1 is 1.24 bits per heavy atom. The fraction of sp³-hybridized carbons (Fsp3) is 0.500. The zero-order valence-corrected chi connectivity index (χ0v) is 12.6. The lowest BCUT2D eigenvalue weighted by molar-refractivity contribution is 0.559. The second kappa shape index (κ2) is 4.61. The second-order valence-electron chi connectivity index (χ2n) is 5.30. The van der Waals surface area contributed by atoms with Gasteiger partial charge in [0, 0.05) is 13.6 Å². The van der Waals surface area contributed by atoms with Gasteiger partial charge in [-0.1, -0.05) is 13.3 Å². The van der Waals surface area contributed by atoms with Gasteiger partial charge in [-0.05, 0) is 20.3 Å². The van der Waals surface area contributed by atoms with Gasteiger partial charge >= 0.3 is 11.5 Å². The van der Waals surface area contributed by atoms with Gasteiger partial charge in [0.25, 0.3) is 5.56 Å². The topological polar surface area (TPSA) is 74.4 Å². The summed E-state index contributed by atoms with van der Waals surface area (Å²) in [5.41, 5.74) is 0.941. The third kappa shape index (κ3) is 1.76. The van der Waals surface area contributed by atoms with E-state index in [1.165, 1.54) is 9.13 Å². The highest BCUT2D eigenvalue weighted by Crippen LogP contribution is 2.19. The fourth-order valence-electron chi connectivity index (χ4n) is 2.56. The summed E-state index contributed by atoms with van der Waals surface area (Å²) >= 11 is 0. The predicted octanol–water partition coefficient (Wildman–Crippen LogP) is 1.36.